The maximum atomic E-state index is 11.7. The summed E-state index contributed by atoms with van der Waals surface area (Å²) >= 11 is 9.04. The standard InChI is InChI=1S/C20H30N2O10P2S2/c1-5-19(23)21(3)11-17(31-33(25,26)35)13-29-15-7-9-16(10-8-15)30-14-18(32-34(27,28)36)12-22(4)20(24)6-2/h5-10,17-18H,1-2,11-14H2,3-4H3,(H2,25,26,35)(H2,27,28,36). The topological polar surface area (TPSA) is 158 Å². The second-order valence-corrected chi connectivity index (χ2v) is 12.6. The van der Waals surface area contributed by atoms with Gasteiger partial charge in [0.2, 0.25) is 11.8 Å². The van der Waals surface area contributed by atoms with Gasteiger partial charge in [0.25, 0.3) is 0 Å². The van der Waals surface area contributed by atoms with Crippen LogP contribution in [0.3, 0.4) is 0 Å². The van der Waals surface area contributed by atoms with Gasteiger partial charge in [-0.3, -0.25) is 9.59 Å². The highest BCUT2D eigenvalue weighted by molar-refractivity contribution is 8.07. The third-order valence-corrected chi connectivity index (χ3v) is 5.99. The normalized spacial score (nSPS) is 13.3. The molecule has 1 rings (SSSR count). The van der Waals surface area contributed by atoms with E-state index in [1.165, 1.54) is 23.9 Å². The number of benzene rings is 1. The van der Waals surface area contributed by atoms with E-state index in [4.69, 9.17) is 18.5 Å². The summed E-state index contributed by atoms with van der Waals surface area (Å²) in [5.41, 5.74) is 0. The molecule has 0 radical (unpaired) electrons. The molecule has 0 aliphatic heterocycles. The Morgan fingerprint density at radius 1 is 0.833 bits per heavy atom. The van der Waals surface area contributed by atoms with Crippen molar-refractivity contribution in [3.8, 4) is 11.5 Å². The van der Waals surface area contributed by atoms with Gasteiger partial charge in [-0.25, -0.2) is 0 Å². The van der Waals surface area contributed by atoms with Crippen LogP contribution in [0, 0.1) is 0 Å². The zero-order valence-corrected chi connectivity index (χ0v) is 23.1. The van der Waals surface area contributed by atoms with Gasteiger partial charge in [-0.1, -0.05) is 13.2 Å². The van der Waals surface area contributed by atoms with Crippen LogP contribution < -0.4 is 9.47 Å². The van der Waals surface area contributed by atoms with Crippen LogP contribution in [-0.4, -0.2) is 93.8 Å². The van der Waals surface area contributed by atoms with Crippen molar-refractivity contribution in [2.75, 3.05) is 40.4 Å². The summed E-state index contributed by atoms with van der Waals surface area (Å²) in [6.07, 6.45) is 0.353. The third kappa shape index (κ3) is 13.6. The van der Waals surface area contributed by atoms with Gasteiger partial charge in [0.05, 0.1) is 13.1 Å². The number of hydrogen-bond donors (Lipinski definition) is 4. The minimum absolute atomic E-state index is 0.0293. The Labute approximate surface area is 219 Å². The fourth-order valence-corrected chi connectivity index (χ4v) is 4.50. The monoisotopic (exact) mass is 584 g/mol. The summed E-state index contributed by atoms with van der Waals surface area (Å²) in [5, 5.41) is 0. The van der Waals surface area contributed by atoms with Gasteiger partial charge in [0.15, 0.2) is 0 Å². The predicted octanol–water partition coefficient (Wildman–Crippen LogP) is 0.922. The van der Waals surface area contributed by atoms with Crippen molar-refractivity contribution >= 4 is 48.9 Å². The van der Waals surface area contributed by atoms with Crippen molar-refractivity contribution in [1.29, 1.82) is 0 Å². The Morgan fingerprint density at radius 3 is 1.39 bits per heavy atom. The first kappa shape index (κ1) is 32.3. The highest BCUT2D eigenvalue weighted by Crippen LogP contribution is 2.39. The minimum atomic E-state index is -4.01. The molecule has 16 heteroatoms. The van der Waals surface area contributed by atoms with Crippen molar-refractivity contribution in [2.24, 2.45) is 0 Å². The zero-order chi connectivity index (χ0) is 27.5. The second-order valence-electron chi connectivity index (χ2n) is 7.38. The van der Waals surface area contributed by atoms with E-state index < -0.39 is 37.5 Å². The summed E-state index contributed by atoms with van der Waals surface area (Å²) in [6, 6.07) is 6.24. The highest BCUT2D eigenvalue weighted by Gasteiger charge is 2.23. The molecular formula is C20H30N2O10P2S2. The average molecular weight is 585 g/mol. The van der Waals surface area contributed by atoms with Crippen molar-refractivity contribution in [3.05, 3.63) is 49.6 Å². The minimum Gasteiger partial charge on any atom is -0.491 e. The highest BCUT2D eigenvalue weighted by atomic mass is 32.5. The molecule has 0 bridgehead atoms. The SMILES string of the molecule is C=CC(=O)N(C)CC(COc1ccc(OCC(CN(C)C(=O)C=C)OP(O)(O)=S)cc1)OP(O)(O)=S. The Hall–Kier alpha value is -1.70. The van der Waals surface area contributed by atoms with Crippen LogP contribution in [0.1, 0.15) is 0 Å². The van der Waals surface area contributed by atoms with E-state index in [9.17, 15) is 29.2 Å². The molecule has 0 fully saturated rings. The van der Waals surface area contributed by atoms with Gasteiger partial charge < -0.3 is 47.9 Å². The van der Waals surface area contributed by atoms with Crippen LogP contribution in [-0.2, 0) is 42.3 Å². The summed E-state index contributed by atoms with van der Waals surface area (Å²) in [7, 11) is 2.97. The largest absolute Gasteiger partial charge is 0.491 e. The number of amides is 2. The third-order valence-electron chi connectivity index (χ3n) is 4.32. The smallest absolute Gasteiger partial charge is 0.322 e. The molecule has 0 heterocycles. The number of ether oxygens (including phenoxy) is 2. The Morgan fingerprint density at radius 2 is 1.14 bits per heavy atom. The number of rotatable bonds is 16. The molecule has 12 nitrogen and oxygen atoms in total. The van der Waals surface area contributed by atoms with E-state index >= 15 is 0 Å². The molecule has 2 amide bonds. The van der Waals surface area contributed by atoms with Gasteiger partial charge in [0, 0.05) is 14.1 Å². The van der Waals surface area contributed by atoms with E-state index in [-0.39, 0.29) is 26.3 Å². The Kier molecular flexibility index (Phi) is 13.4. The molecule has 36 heavy (non-hydrogen) atoms. The molecule has 1 aromatic rings. The van der Waals surface area contributed by atoms with E-state index in [1.54, 1.807) is 24.3 Å². The van der Waals surface area contributed by atoms with Gasteiger partial charge in [-0.15, -0.1) is 0 Å². The molecule has 1 aromatic carbocycles. The lowest BCUT2D eigenvalue weighted by molar-refractivity contribution is -0.126. The van der Waals surface area contributed by atoms with Crippen molar-refractivity contribution in [2.45, 2.75) is 12.2 Å². The van der Waals surface area contributed by atoms with Crippen molar-refractivity contribution < 1.29 is 47.7 Å². The molecule has 4 N–H and O–H groups in total. The molecule has 0 aliphatic rings. The quantitative estimate of drug-likeness (QED) is 0.161. The number of nitrogens with zero attached hydrogens (tertiary/aromatic N) is 2. The molecule has 2 unspecified atom stereocenters. The second kappa shape index (κ2) is 14.9. The van der Waals surface area contributed by atoms with Gasteiger partial charge >= 0.3 is 13.4 Å². The average Bonchev–Trinajstić information content (AvgIpc) is 2.78. The van der Waals surface area contributed by atoms with Crippen LogP contribution in [0.5, 0.6) is 11.5 Å². The summed E-state index contributed by atoms with van der Waals surface area (Å²) in [4.78, 5) is 63.9. The first-order valence-corrected chi connectivity index (χ1v) is 15.5. The van der Waals surface area contributed by atoms with Gasteiger partial charge in [-0.2, -0.15) is 0 Å². The fraction of sp³-hybridized carbons (Fsp3) is 0.400. The first-order chi connectivity index (χ1) is 16.6. The maximum absolute atomic E-state index is 11.7. The van der Waals surface area contributed by atoms with Crippen molar-refractivity contribution in [1.82, 2.24) is 9.80 Å². The first-order valence-electron chi connectivity index (χ1n) is 10.2. The Bertz CT molecular complexity index is 920. The summed E-state index contributed by atoms with van der Waals surface area (Å²) in [6.45, 7) is -1.60. The molecule has 0 saturated heterocycles. The van der Waals surface area contributed by atoms with Crippen LogP contribution in [0.2, 0.25) is 0 Å². The lowest BCUT2D eigenvalue weighted by Gasteiger charge is -2.25. The summed E-state index contributed by atoms with van der Waals surface area (Å²) in [5.74, 6) is -0.0322. The van der Waals surface area contributed by atoms with E-state index in [1.807, 2.05) is 0 Å². The lowest BCUT2D eigenvalue weighted by atomic mass is 10.3. The van der Waals surface area contributed by atoms with E-state index in [0.29, 0.717) is 11.5 Å². The van der Waals surface area contributed by atoms with Gasteiger partial charge in [-0.05, 0) is 60.0 Å². The molecule has 202 valence electrons. The number of likely N-dealkylation sites (N-methyl/N-ethyl adjacent to an activating group) is 2. The Balaban J connectivity index is 2.77. The summed E-state index contributed by atoms with van der Waals surface area (Å²) < 4.78 is 21.4. The molecule has 0 spiro atoms. The molecule has 0 aromatic heterocycles. The van der Waals surface area contributed by atoms with E-state index in [2.05, 4.69) is 36.8 Å². The molecular weight excluding hydrogens is 554 g/mol. The van der Waals surface area contributed by atoms with Crippen LogP contribution in [0.15, 0.2) is 49.6 Å². The van der Waals surface area contributed by atoms with Gasteiger partial charge in [0.1, 0.15) is 36.9 Å². The fourth-order valence-electron chi connectivity index (χ4n) is 2.73. The van der Waals surface area contributed by atoms with Crippen LogP contribution in [0.25, 0.3) is 0 Å². The predicted molar refractivity (Wildman–Crippen MR) is 140 cm³/mol. The number of carbonyl (C=O) groups excluding carboxylic acids is 2. The molecule has 2 atom stereocenters. The van der Waals surface area contributed by atoms with E-state index in [0.717, 1.165) is 12.2 Å². The van der Waals surface area contributed by atoms with Crippen LogP contribution in [0.4, 0.5) is 0 Å². The molecule has 0 saturated carbocycles. The van der Waals surface area contributed by atoms with Crippen molar-refractivity contribution in [3.63, 3.8) is 0 Å². The number of carbonyl (C=O) groups is 2. The van der Waals surface area contributed by atoms with Crippen LogP contribution >= 0.6 is 13.4 Å². The molecule has 0 aliphatic carbocycles. The maximum Gasteiger partial charge on any atom is 0.322 e. The lowest BCUT2D eigenvalue weighted by Crippen LogP contribution is -2.37. The number of hydrogen-bond acceptors (Lipinski definition) is 8. The zero-order valence-electron chi connectivity index (χ0n) is 19.7.